The van der Waals surface area contributed by atoms with E-state index in [1.807, 2.05) is 0 Å². The molecular formula is C21H26F4N4O4S. The third-order valence-electron chi connectivity index (χ3n) is 6.39. The first-order valence-corrected chi connectivity index (χ1v) is 12.9. The van der Waals surface area contributed by atoms with Crippen LogP contribution in [0.5, 0.6) is 5.75 Å². The molecule has 34 heavy (non-hydrogen) atoms. The van der Waals surface area contributed by atoms with Crippen molar-refractivity contribution in [2.24, 2.45) is 5.92 Å². The van der Waals surface area contributed by atoms with Crippen LogP contribution in [0.3, 0.4) is 0 Å². The third kappa shape index (κ3) is 5.80. The van der Waals surface area contributed by atoms with Gasteiger partial charge in [-0.1, -0.05) is 0 Å². The molecule has 0 unspecified atom stereocenters. The minimum atomic E-state index is -4.65. The molecule has 1 aliphatic heterocycles. The number of hydrogen-bond donors (Lipinski definition) is 0. The summed E-state index contributed by atoms with van der Waals surface area (Å²) in [7, 11) is -3.48. The largest absolute Gasteiger partial charge is 0.490 e. The van der Waals surface area contributed by atoms with Gasteiger partial charge in [0.15, 0.2) is 21.4 Å². The van der Waals surface area contributed by atoms with E-state index in [1.165, 1.54) is 12.1 Å². The zero-order valence-corrected chi connectivity index (χ0v) is 19.4. The number of rotatable bonds is 6. The summed E-state index contributed by atoms with van der Waals surface area (Å²) in [5.74, 6) is -1.76. The number of alkyl halides is 3. The lowest BCUT2D eigenvalue weighted by Gasteiger charge is -2.41. The molecule has 0 N–H and O–H groups in total. The van der Waals surface area contributed by atoms with Gasteiger partial charge in [-0.2, -0.15) is 18.2 Å². The number of ether oxygens (including phenoxy) is 1. The van der Waals surface area contributed by atoms with E-state index in [1.54, 1.807) is 4.90 Å². The summed E-state index contributed by atoms with van der Waals surface area (Å²) in [5, 5.41) is 3.45. The van der Waals surface area contributed by atoms with Crippen molar-refractivity contribution in [3.63, 3.8) is 0 Å². The number of hydrogen-bond acceptors (Lipinski definition) is 8. The average Bonchev–Trinajstić information content (AvgIpc) is 3.29. The van der Waals surface area contributed by atoms with Crippen LogP contribution in [0.1, 0.15) is 31.6 Å². The third-order valence-corrected chi connectivity index (χ3v) is 7.50. The van der Waals surface area contributed by atoms with Gasteiger partial charge in [0, 0.05) is 38.5 Å². The average molecular weight is 507 g/mol. The Kier molecular flexibility index (Phi) is 7.04. The van der Waals surface area contributed by atoms with E-state index in [4.69, 9.17) is 4.74 Å². The molecule has 0 bridgehead atoms. The summed E-state index contributed by atoms with van der Waals surface area (Å²) in [6.45, 7) is 2.78. The second-order valence-corrected chi connectivity index (χ2v) is 10.8. The molecule has 2 aliphatic rings. The number of piperazine rings is 1. The first-order chi connectivity index (χ1) is 16.0. The van der Waals surface area contributed by atoms with Crippen molar-refractivity contribution < 1.29 is 35.2 Å². The highest BCUT2D eigenvalue weighted by Crippen LogP contribution is 2.31. The van der Waals surface area contributed by atoms with E-state index in [0.717, 1.165) is 38.0 Å². The van der Waals surface area contributed by atoms with Gasteiger partial charge in [0.25, 0.3) is 5.95 Å². The molecule has 1 aromatic heterocycles. The normalized spacial score (nSPS) is 22.7. The van der Waals surface area contributed by atoms with Crippen molar-refractivity contribution in [2.75, 3.05) is 43.9 Å². The summed E-state index contributed by atoms with van der Waals surface area (Å²) in [6, 6.07) is 4.03. The predicted molar refractivity (Wildman–Crippen MR) is 114 cm³/mol. The Labute approximate surface area is 194 Å². The van der Waals surface area contributed by atoms with Crippen LogP contribution in [0, 0.1) is 11.7 Å². The summed E-state index contributed by atoms with van der Waals surface area (Å²) in [5.41, 5.74) is 0. The Hall–Kier alpha value is -2.41. The summed E-state index contributed by atoms with van der Waals surface area (Å²) >= 11 is 0. The van der Waals surface area contributed by atoms with Crippen molar-refractivity contribution in [1.29, 1.82) is 0 Å². The number of anilines is 1. The zero-order chi connectivity index (χ0) is 24.5. The molecule has 2 heterocycles. The number of sulfone groups is 1. The smallest absolute Gasteiger partial charge is 0.471 e. The van der Waals surface area contributed by atoms with Crippen molar-refractivity contribution in [1.82, 2.24) is 15.0 Å². The lowest BCUT2D eigenvalue weighted by atomic mass is 9.85. The maximum absolute atomic E-state index is 14.2. The lowest BCUT2D eigenvalue weighted by Crippen LogP contribution is -2.51. The fourth-order valence-corrected chi connectivity index (χ4v) is 5.09. The van der Waals surface area contributed by atoms with Crippen LogP contribution in [0.2, 0.25) is 0 Å². The molecular weight excluding hydrogens is 480 g/mol. The fraction of sp³-hybridized carbons (Fsp3) is 0.619. The quantitative estimate of drug-likeness (QED) is 0.551. The van der Waals surface area contributed by atoms with Crippen LogP contribution < -0.4 is 9.64 Å². The van der Waals surface area contributed by atoms with E-state index in [0.29, 0.717) is 38.8 Å². The maximum atomic E-state index is 14.2. The summed E-state index contributed by atoms with van der Waals surface area (Å²) in [4.78, 5) is 7.40. The number of benzene rings is 1. The molecule has 1 saturated carbocycles. The molecule has 0 radical (unpaired) electrons. The molecule has 0 spiro atoms. The van der Waals surface area contributed by atoms with E-state index >= 15 is 0 Å². The highest BCUT2D eigenvalue weighted by atomic mass is 32.2. The van der Waals surface area contributed by atoms with E-state index in [-0.39, 0.29) is 22.5 Å². The van der Waals surface area contributed by atoms with Crippen LogP contribution in [0.25, 0.3) is 0 Å². The van der Waals surface area contributed by atoms with E-state index < -0.39 is 27.7 Å². The molecule has 8 nitrogen and oxygen atoms in total. The van der Waals surface area contributed by atoms with Crippen LogP contribution in [-0.4, -0.2) is 68.5 Å². The Morgan fingerprint density at radius 2 is 1.79 bits per heavy atom. The predicted octanol–water partition coefficient (Wildman–Crippen LogP) is 3.39. The minimum Gasteiger partial charge on any atom is -0.490 e. The Morgan fingerprint density at radius 1 is 1.12 bits per heavy atom. The van der Waals surface area contributed by atoms with Crippen molar-refractivity contribution in [2.45, 2.75) is 42.8 Å². The van der Waals surface area contributed by atoms with Crippen molar-refractivity contribution in [3.8, 4) is 5.75 Å². The van der Waals surface area contributed by atoms with E-state index in [2.05, 4.69) is 19.6 Å². The minimum absolute atomic E-state index is 0.0374. The van der Waals surface area contributed by atoms with E-state index in [9.17, 15) is 26.0 Å². The molecule has 0 amide bonds. The molecule has 0 atom stereocenters. The van der Waals surface area contributed by atoms with Crippen molar-refractivity contribution >= 4 is 15.8 Å². The number of halogens is 4. The highest BCUT2D eigenvalue weighted by molar-refractivity contribution is 7.90. The monoisotopic (exact) mass is 506 g/mol. The van der Waals surface area contributed by atoms with Gasteiger partial charge < -0.3 is 14.2 Å². The van der Waals surface area contributed by atoms with Crippen LogP contribution in [0.15, 0.2) is 27.6 Å². The van der Waals surface area contributed by atoms with Gasteiger partial charge >= 0.3 is 12.1 Å². The molecule has 2 fully saturated rings. The Bertz CT molecular complexity index is 1090. The highest BCUT2D eigenvalue weighted by Gasteiger charge is 2.39. The first kappa shape index (κ1) is 24.7. The van der Waals surface area contributed by atoms with Crippen LogP contribution >= 0.6 is 0 Å². The summed E-state index contributed by atoms with van der Waals surface area (Å²) < 4.78 is 85.2. The SMILES string of the molecule is CS(=O)(=O)c1ccc(OCC2CCC(N3CCN(c4noc(C(F)(F)F)n4)CC3)CC2)c(F)c1. The number of aromatic nitrogens is 2. The maximum Gasteiger partial charge on any atom is 0.471 e. The Balaban J connectivity index is 1.21. The van der Waals surface area contributed by atoms with Gasteiger partial charge in [0.1, 0.15) is 0 Å². The topological polar surface area (TPSA) is 88.8 Å². The van der Waals surface area contributed by atoms with Gasteiger partial charge in [-0.3, -0.25) is 4.90 Å². The lowest BCUT2D eigenvalue weighted by molar-refractivity contribution is -0.159. The summed E-state index contributed by atoms with van der Waals surface area (Å²) in [6.07, 6.45) is 0.0890. The molecule has 1 aliphatic carbocycles. The molecule has 1 aromatic carbocycles. The standard InChI is InChI=1S/C21H26F4N4O4S/c1-34(30,31)16-6-7-18(17(22)12-16)32-13-14-2-4-15(5-3-14)28-8-10-29(11-9-28)20-26-19(33-27-20)21(23,24)25/h6-7,12,14-15H,2-5,8-11,13H2,1H3. The molecule has 13 heteroatoms. The van der Waals surface area contributed by atoms with Gasteiger partial charge in [0.2, 0.25) is 0 Å². The second kappa shape index (κ2) is 9.68. The number of nitrogens with zero attached hydrogens (tertiary/aromatic N) is 4. The molecule has 1 saturated heterocycles. The van der Waals surface area contributed by atoms with Crippen LogP contribution in [-0.2, 0) is 16.0 Å². The molecule has 2 aromatic rings. The van der Waals surface area contributed by atoms with Crippen molar-refractivity contribution in [3.05, 3.63) is 29.9 Å². The molecule has 4 rings (SSSR count). The first-order valence-electron chi connectivity index (χ1n) is 11.0. The fourth-order valence-electron chi connectivity index (χ4n) is 4.46. The zero-order valence-electron chi connectivity index (χ0n) is 18.6. The van der Waals surface area contributed by atoms with Gasteiger partial charge in [-0.25, -0.2) is 12.8 Å². The second-order valence-electron chi connectivity index (χ2n) is 8.77. The Morgan fingerprint density at radius 3 is 2.35 bits per heavy atom. The van der Waals surface area contributed by atoms with Gasteiger partial charge in [0.05, 0.1) is 11.5 Å². The van der Waals surface area contributed by atoms with Gasteiger partial charge in [-0.15, -0.1) is 0 Å². The van der Waals surface area contributed by atoms with Gasteiger partial charge in [-0.05, 0) is 55.0 Å². The molecule has 188 valence electrons. The van der Waals surface area contributed by atoms with Crippen LogP contribution in [0.4, 0.5) is 23.5 Å².